The molecule has 7 nitrogen and oxygen atoms in total. The number of thiazole rings is 1. The number of amides is 1. The summed E-state index contributed by atoms with van der Waals surface area (Å²) in [5.74, 6) is -3.21. The Labute approximate surface area is 186 Å². The van der Waals surface area contributed by atoms with Gasteiger partial charge in [0.05, 0.1) is 27.0 Å². The van der Waals surface area contributed by atoms with E-state index < -0.39 is 45.1 Å². The highest BCUT2D eigenvalue weighted by molar-refractivity contribution is 7.92. The lowest BCUT2D eigenvalue weighted by Crippen LogP contribution is -2.23. The highest BCUT2D eigenvalue weighted by Crippen LogP contribution is 2.23. The van der Waals surface area contributed by atoms with E-state index in [0.717, 1.165) is 22.0 Å². The molecule has 0 N–H and O–H groups in total. The molecule has 1 heterocycles. The molecule has 0 aliphatic heterocycles. The van der Waals surface area contributed by atoms with Crippen molar-refractivity contribution in [3.63, 3.8) is 0 Å². The molecular weight excluding hydrogens is 462 g/mol. The Balaban J connectivity index is 2.15. The average Bonchev–Trinajstić information content (AvgIpc) is 3.04. The van der Waals surface area contributed by atoms with Crippen LogP contribution in [-0.4, -0.2) is 36.7 Å². The topological polar surface area (TPSA) is 94.8 Å². The van der Waals surface area contributed by atoms with Crippen molar-refractivity contribution in [2.45, 2.75) is 37.5 Å². The molecule has 2 aromatic carbocycles. The number of halogens is 2. The van der Waals surface area contributed by atoms with Gasteiger partial charge in [-0.2, -0.15) is 4.99 Å². The highest BCUT2D eigenvalue weighted by Gasteiger charge is 2.21. The van der Waals surface area contributed by atoms with E-state index in [1.165, 1.54) is 38.1 Å². The van der Waals surface area contributed by atoms with E-state index in [2.05, 4.69) is 4.99 Å². The second-order valence-electron chi connectivity index (χ2n) is 7.05. The van der Waals surface area contributed by atoms with Gasteiger partial charge in [-0.1, -0.05) is 17.4 Å². The number of fused-ring (bicyclic) bond motifs is 1. The van der Waals surface area contributed by atoms with Crippen LogP contribution in [0.4, 0.5) is 8.78 Å². The molecule has 0 fully saturated rings. The first-order valence-corrected chi connectivity index (χ1v) is 12.0. The minimum Gasteiger partial charge on any atom is -0.465 e. The Morgan fingerprint density at radius 1 is 1.19 bits per heavy atom. The fourth-order valence-corrected chi connectivity index (χ4v) is 5.10. The zero-order valence-electron chi connectivity index (χ0n) is 17.5. The molecular formula is C21H20F2N2O5S2. The normalized spacial score (nSPS) is 12.5. The number of ether oxygens (including phenoxy) is 1. The quantitative estimate of drug-likeness (QED) is 0.502. The van der Waals surface area contributed by atoms with Gasteiger partial charge in [0.15, 0.2) is 20.5 Å². The van der Waals surface area contributed by atoms with Crippen molar-refractivity contribution in [2.75, 3.05) is 6.61 Å². The van der Waals surface area contributed by atoms with Crippen molar-refractivity contribution in [1.29, 1.82) is 0 Å². The van der Waals surface area contributed by atoms with Crippen molar-refractivity contribution < 1.29 is 31.5 Å². The molecule has 3 aromatic rings. The van der Waals surface area contributed by atoms with Crippen molar-refractivity contribution in [3.8, 4) is 0 Å². The summed E-state index contributed by atoms with van der Waals surface area (Å²) in [6.45, 7) is 4.32. The lowest BCUT2D eigenvalue weighted by molar-refractivity contribution is -0.143. The fourth-order valence-electron chi connectivity index (χ4n) is 2.93. The number of hydrogen-bond acceptors (Lipinski definition) is 6. The predicted molar refractivity (Wildman–Crippen MR) is 115 cm³/mol. The fraction of sp³-hybridized carbons (Fsp3) is 0.286. The smallest absolute Gasteiger partial charge is 0.326 e. The lowest BCUT2D eigenvalue weighted by Gasteiger charge is -2.08. The maximum Gasteiger partial charge on any atom is 0.326 e. The predicted octanol–water partition coefficient (Wildman–Crippen LogP) is 3.47. The number of rotatable bonds is 6. The number of sulfone groups is 1. The van der Waals surface area contributed by atoms with Gasteiger partial charge in [-0.3, -0.25) is 9.59 Å². The second kappa shape index (κ2) is 9.29. The van der Waals surface area contributed by atoms with Crippen LogP contribution in [0.1, 0.15) is 31.1 Å². The number of aromatic nitrogens is 1. The van der Waals surface area contributed by atoms with Gasteiger partial charge in [0.25, 0.3) is 5.91 Å². The van der Waals surface area contributed by atoms with E-state index in [9.17, 15) is 26.8 Å². The van der Waals surface area contributed by atoms with Crippen LogP contribution in [0.3, 0.4) is 0 Å². The number of nitrogens with zero attached hydrogens (tertiary/aromatic N) is 2. The molecule has 0 saturated carbocycles. The van der Waals surface area contributed by atoms with Gasteiger partial charge in [-0.25, -0.2) is 17.2 Å². The first-order valence-electron chi connectivity index (χ1n) is 9.61. The highest BCUT2D eigenvalue weighted by atomic mass is 32.2. The molecule has 170 valence electrons. The molecule has 0 aliphatic carbocycles. The van der Waals surface area contributed by atoms with Crippen LogP contribution in [0.15, 0.2) is 46.3 Å². The standard InChI is InChI=1S/C21H20F2N2O5S2/c1-4-30-18(26)11-25-19-16(23)9-14(22)10-17(19)31-21(25)24-20(27)13-6-5-7-15(8-13)32(28,29)12(2)3/h5-10,12H,4,11H2,1-3H3. The van der Waals surface area contributed by atoms with E-state index >= 15 is 0 Å². The zero-order chi connectivity index (χ0) is 23.6. The SMILES string of the molecule is CCOC(=O)Cn1c(=NC(=O)c2cccc(S(=O)(=O)C(C)C)c2)sc2cc(F)cc(F)c21. The summed E-state index contributed by atoms with van der Waals surface area (Å²) in [7, 11) is -3.62. The summed E-state index contributed by atoms with van der Waals surface area (Å²) in [5.41, 5.74) is -0.0920. The summed E-state index contributed by atoms with van der Waals surface area (Å²) in [6.07, 6.45) is 0. The summed E-state index contributed by atoms with van der Waals surface area (Å²) in [4.78, 5) is 28.7. The van der Waals surface area contributed by atoms with Gasteiger partial charge in [0, 0.05) is 11.6 Å². The lowest BCUT2D eigenvalue weighted by atomic mass is 10.2. The monoisotopic (exact) mass is 482 g/mol. The second-order valence-corrected chi connectivity index (χ2v) is 10.6. The molecule has 0 aliphatic rings. The number of carbonyl (C=O) groups is 2. The Hall–Kier alpha value is -2.92. The Morgan fingerprint density at radius 2 is 1.91 bits per heavy atom. The third-order valence-electron chi connectivity index (χ3n) is 4.52. The molecule has 1 amide bonds. The van der Waals surface area contributed by atoms with Crippen molar-refractivity contribution >= 4 is 43.3 Å². The van der Waals surface area contributed by atoms with E-state index in [0.29, 0.717) is 6.07 Å². The molecule has 0 unspecified atom stereocenters. The third-order valence-corrected chi connectivity index (χ3v) is 7.69. The van der Waals surface area contributed by atoms with Crippen molar-refractivity contribution in [1.82, 2.24) is 4.57 Å². The molecule has 11 heteroatoms. The van der Waals surface area contributed by atoms with E-state index in [4.69, 9.17) is 4.74 Å². The molecule has 3 rings (SSSR count). The minimum atomic E-state index is -3.62. The summed E-state index contributed by atoms with van der Waals surface area (Å²) in [5, 5.41) is -0.683. The van der Waals surface area contributed by atoms with Gasteiger partial charge in [-0.05, 0) is 45.0 Å². The maximum absolute atomic E-state index is 14.5. The van der Waals surface area contributed by atoms with Gasteiger partial charge in [0.1, 0.15) is 12.4 Å². The van der Waals surface area contributed by atoms with Gasteiger partial charge >= 0.3 is 5.97 Å². The van der Waals surface area contributed by atoms with E-state index in [1.807, 2.05) is 0 Å². The number of hydrogen-bond donors (Lipinski definition) is 0. The van der Waals surface area contributed by atoms with Gasteiger partial charge < -0.3 is 9.30 Å². The maximum atomic E-state index is 14.5. The third kappa shape index (κ3) is 4.78. The van der Waals surface area contributed by atoms with E-state index in [1.54, 1.807) is 6.92 Å². The Morgan fingerprint density at radius 3 is 2.56 bits per heavy atom. The van der Waals surface area contributed by atoms with Crippen molar-refractivity contribution in [2.24, 2.45) is 4.99 Å². The Kier molecular flexibility index (Phi) is 6.89. The Bertz CT molecular complexity index is 1370. The molecule has 32 heavy (non-hydrogen) atoms. The summed E-state index contributed by atoms with van der Waals surface area (Å²) >= 11 is 0.819. The molecule has 0 radical (unpaired) electrons. The first kappa shape index (κ1) is 23.7. The van der Waals surface area contributed by atoms with Crippen LogP contribution < -0.4 is 4.80 Å². The van der Waals surface area contributed by atoms with Crippen LogP contribution >= 0.6 is 11.3 Å². The first-order chi connectivity index (χ1) is 15.0. The minimum absolute atomic E-state index is 0.00137. The van der Waals surface area contributed by atoms with Crippen LogP contribution in [0.25, 0.3) is 10.2 Å². The molecule has 0 atom stereocenters. The molecule has 1 aromatic heterocycles. The van der Waals surface area contributed by atoms with Gasteiger partial charge in [0.2, 0.25) is 0 Å². The molecule has 0 spiro atoms. The number of esters is 1. The van der Waals surface area contributed by atoms with Gasteiger partial charge in [-0.15, -0.1) is 0 Å². The van der Waals surface area contributed by atoms with Crippen molar-refractivity contribution in [3.05, 3.63) is 58.4 Å². The largest absolute Gasteiger partial charge is 0.465 e. The van der Waals surface area contributed by atoms with Crippen LogP contribution in [0, 0.1) is 11.6 Å². The molecule has 0 bridgehead atoms. The van der Waals surface area contributed by atoms with Crippen LogP contribution in [-0.2, 0) is 25.9 Å². The summed E-state index contributed by atoms with van der Waals surface area (Å²) < 4.78 is 59.2. The summed E-state index contributed by atoms with van der Waals surface area (Å²) in [6, 6.07) is 7.15. The van der Waals surface area contributed by atoms with Crippen LogP contribution in [0.2, 0.25) is 0 Å². The van der Waals surface area contributed by atoms with E-state index in [-0.39, 0.29) is 32.1 Å². The number of carbonyl (C=O) groups excluding carboxylic acids is 2. The zero-order valence-corrected chi connectivity index (χ0v) is 19.1. The molecule has 0 saturated heterocycles. The number of benzene rings is 2. The average molecular weight is 483 g/mol. The van der Waals surface area contributed by atoms with Crippen LogP contribution in [0.5, 0.6) is 0 Å².